The first-order valence-corrected chi connectivity index (χ1v) is 7.55. The molecular weight excluding hydrogens is 280 g/mol. The molecule has 2 rings (SSSR count). The van der Waals surface area contributed by atoms with Crippen molar-refractivity contribution in [3.8, 4) is 0 Å². The molecule has 1 heterocycles. The number of urea groups is 1. The number of carbonyl (C=O) groups is 2. The van der Waals surface area contributed by atoms with Crippen LogP contribution < -0.4 is 16.0 Å². The molecule has 1 atom stereocenters. The highest BCUT2D eigenvalue weighted by Crippen LogP contribution is 2.12. The van der Waals surface area contributed by atoms with E-state index in [0.29, 0.717) is 18.8 Å². The summed E-state index contributed by atoms with van der Waals surface area (Å²) in [5, 5.41) is 8.78. The van der Waals surface area contributed by atoms with Crippen molar-refractivity contribution in [1.82, 2.24) is 15.5 Å². The number of amides is 3. The minimum Gasteiger partial charge on any atom is -0.338 e. The number of nitrogens with zero attached hydrogens (tertiary/aromatic N) is 1. The maximum Gasteiger partial charge on any atom is 0.320 e. The second-order valence-corrected chi connectivity index (χ2v) is 6.18. The molecule has 0 aromatic heterocycles. The molecule has 1 fully saturated rings. The fourth-order valence-corrected chi connectivity index (χ4v) is 2.53. The highest BCUT2D eigenvalue weighted by Gasteiger charge is 2.35. The van der Waals surface area contributed by atoms with Crippen molar-refractivity contribution in [2.45, 2.75) is 32.4 Å². The van der Waals surface area contributed by atoms with Crippen LogP contribution in [0.3, 0.4) is 0 Å². The molecule has 1 unspecified atom stereocenters. The van der Waals surface area contributed by atoms with E-state index in [2.05, 4.69) is 16.0 Å². The van der Waals surface area contributed by atoms with E-state index in [9.17, 15) is 9.59 Å². The van der Waals surface area contributed by atoms with Gasteiger partial charge in [0.05, 0.1) is 0 Å². The predicted octanol–water partition coefficient (Wildman–Crippen LogP) is 1.41. The molecule has 1 saturated heterocycles. The highest BCUT2D eigenvalue weighted by atomic mass is 16.2. The van der Waals surface area contributed by atoms with E-state index >= 15 is 0 Å². The van der Waals surface area contributed by atoms with Crippen LogP contribution in [0.5, 0.6) is 0 Å². The smallest absolute Gasteiger partial charge is 0.320 e. The van der Waals surface area contributed by atoms with Gasteiger partial charge in [-0.25, -0.2) is 4.79 Å². The van der Waals surface area contributed by atoms with Crippen LogP contribution in [0.1, 0.15) is 20.8 Å². The average molecular weight is 304 g/mol. The number of anilines is 1. The molecule has 0 saturated carbocycles. The standard InChI is InChI=1S/C16H24N4O2/c1-12-11-20(10-9-17-12)14(21)16(2,3)19-15(22)18-13-7-5-4-6-8-13/h4-8,12,17H,9-11H2,1-3H3,(H2,18,19,22). The molecular formula is C16H24N4O2. The number of hydrogen-bond acceptors (Lipinski definition) is 3. The summed E-state index contributed by atoms with van der Waals surface area (Å²) >= 11 is 0. The number of benzene rings is 1. The lowest BCUT2D eigenvalue weighted by Crippen LogP contribution is -2.61. The van der Waals surface area contributed by atoms with Gasteiger partial charge in [0, 0.05) is 31.4 Å². The van der Waals surface area contributed by atoms with Gasteiger partial charge >= 0.3 is 6.03 Å². The Kier molecular flexibility index (Phi) is 5.03. The van der Waals surface area contributed by atoms with Crippen LogP contribution in [0, 0.1) is 0 Å². The zero-order valence-corrected chi connectivity index (χ0v) is 13.3. The number of para-hydroxylation sites is 1. The first kappa shape index (κ1) is 16.3. The van der Waals surface area contributed by atoms with Gasteiger partial charge in [-0.05, 0) is 32.9 Å². The summed E-state index contributed by atoms with van der Waals surface area (Å²) < 4.78 is 0. The van der Waals surface area contributed by atoms with E-state index < -0.39 is 5.54 Å². The van der Waals surface area contributed by atoms with Crippen molar-refractivity contribution in [2.24, 2.45) is 0 Å². The van der Waals surface area contributed by atoms with Crippen LogP contribution in [-0.2, 0) is 4.79 Å². The number of nitrogens with one attached hydrogen (secondary N) is 3. The van der Waals surface area contributed by atoms with Gasteiger partial charge in [0.1, 0.15) is 5.54 Å². The topological polar surface area (TPSA) is 73.5 Å². The van der Waals surface area contributed by atoms with Crippen LogP contribution >= 0.6 is 0 Å². The first-order chi connectivity index (χ1) is 10.4. The lowest BCUT2D eigenvalue weighted by atomic mass is 10.0. The zero-order chi connectivity index (χ0) is 16.2. The minimum absolute atomic E-state index is 0.0657. The maximum atomic E-state index is 12.6. The molecule has 0 radical (unpaired) electrons. The van der Waals surface area contributed by atoms with Crippen molar-refractivity contribution in [3.05, 3.63) is 30.3 Å². The van der Waals surface area contributed by atoms with Gasteiger partial charge in [0.25, 0.3) is 0 Å². The van der Waals surface area contributed by atoms with Crippen LogP contribution in [0.2, 0.25) is 0 Å². The van der Waals surface area contributed by atoms with Gasteiger partial charge < -0.3 is 20.9 Å². The molecule has 1 aromatic carbocycles. The van der Waals surface area contributed by atoms with E-state index in [0.717, 1.165) is 6.54 Å². The number of hydrogen-bond donors (Lipinski definition) is 3. The Labute approximate surface area is 131 Å². The normalized spacial score (nSPS) is 18.7. The summed E-state index contributed by atoms with van der Waals surface area (Å²) in [6, 6.07) is 9.04. The molecule has 1 aliphatic rings. The van der Waals surface area contributed by atoms with Crippen molar-refractivity contribution >= 4 is 17.6 Å². The third-order valence-electron chi connectivity index (χ3n) is 3.65. The Morgan fingerprint density at radius 3 is 2.59 bits per heavy atom. The maximum absolute atomic E-state index is 12.6. The lowest BCUT2D eigenvalue weighted by Gasteiger charge is -2.37. The molecule has 0 aliphatic carbocycles. The van der Waals surface area contributed by atoms with E-state index in [1.807, 2.05) is 25.1 Å². The lowest BCUT2D eigenvalue weighted by molar-refractivity contribution is -0.137. The molecule has 0 spiro atoms. The van der Waals surface area contributed by atoms with Crippen molar-refractivity contribution in [2.75, 3.05) is 25.0 Å². The minimum atomic E-state index is -0.948. The van der Waals surface area contributed by atoms with Gasteiger partial charge in [-0.15, -0.1) is 0 Å². The molecule has 1 aromatic rings. The Morgan fingerprint density at radius 1 is 1.27 bits per heavy atom. The van der Waals surface area contributed by atoms with Crippen molar-refractivity contribution in [3.63, 3.8) is 0 Å². The molecule has 6 nitrogen and oxygen atoms in total. The van der Waals surface area contributed by atoms with Gasteiger partial charge in [0.15, 0.2) is 0 Å². The monoisotopic (exact) mass is 304 g/mol. The first-order valence-electron chi connectivity index (χ1n) is 7.55. The molecule has 6 heteroatoms. The van der Waals surface area contributed by atoms with Gasteiger partial charge in [-0.1, -0.05) is 18.2 Å². The molecule has 3 amide bonds. The van der Waals surface area contributed by atoms with Crippen LogP contribution in [0.4, 0.5) is 10.5 Å². The Morgan fingerprint density at radius 2 is 1.95 bits per heavy atom. The number of rotatable bonds is 3. The van der Waals surface area contributed by atoms with Gasteiger partial charge in [-0.3, -0.25) is 4.79 Å². The average Bonchev–Trinajstić information content (AvgIpc) is 2.46. The highest BCUT2D eigenvalue weighted by molar-refractivity contribution is 5.95. The van der Waals surface area contributed by atoms with Crippen LogP contribution in [0.15, 0.2) is 30.3 Å². The summed E-state index contributed by atoms with van der Waals surface area (Å²) in [4.78, 5) is 26.5. The third-order valence-corrected chi connectivity index (χ3v) is 3.65. The Balaban J connectivity index is 1.94. The summed E-state index contributed by atoms with van der Waals surface area (Å²) in [5.41, 5.74) is -0.255. The van der Waals surface area contributed by atoms with E-state index in [1.54, 1.807) is 30.9 Å². The fourth-order valence-electron chi connectivity index (χ4n) is 2.53. The second-order valence-electron chi connectivity index (χ2n) is 6.18. The molecule has 22 heavy (non-hydrogen) atoms. The van der Waals surface area contributed by atoms with Gasteiger partial charge in [0.2, 0.25) is 5.91 Å². The predicted molar refractivity (Wildman–Crippen MR) is 86.7 cm³/mol. The quantitative estimate of drug-likeness (QED) is 0.790. The zero-order valence-electron chi connectivity index (χ0n) is 13.3. The Hall–Kier alpha value is -2.08. The fraction of sp³-hybridized carbons (Fsp3) is 0.500. The largest absolute Gasteiger partial charge is 0.338 e. The Bertz CT molecular complexity index is 530. The molecule has 3 N–H and O–H groups in total. The van der Waals surface area contributed by atoms with Crippen molar-refractivity contribution < 1.29 is 9.59 Å². The van der Waals surface area contributed by atoms with Crippen molar-refractivity contribution in [1.29, 1.82) is 0 Å². The third kappa shape index (κ3) is 4.21. The summed E-state index contributed by atoms with van der Waals surface area (Å²) in [6.07, 6.45) is 0. The SMILES string of the molecule is CC1CN(C(=O)C(C)(C)NC(=O)Nc2ccccc2)CCN1. The summed E-state index contributed by atoms with van der Waals surface area (Å²) in [7, 11) is 0. The molecule has 1 aliphatic heterocycles. The summed E-state index contributed by atoms with van der Waals surface area (Å²) in [6.45, 7) is 7.60. The van der Waals surface area contributed by atoms with Crippen LogP contribution in [0.25, 0.3) is 0 Å². The molecule has 0 bridgehead atoms. The summed E-state index contributed by atoms with van der Waals surface area (Å²) in [5.74, 6) is -0.0657. The number of piperazine rings is 1. The van der Waals surface area contributed by atoms with E-state index in [-0.39, 0.29) is 18.0 Å². The second kappa shape index (κ2) is 6.79. The van der Waals surface area contributed by atoms with Crippen LogP contribution in [-0.4, -0.2) is 48.1 Å². The van der Waals surface area contributed by atoms with Gasteiger partial charge in [-0.2, -0.15) is 0 Å². The molecule has 120 valence electrons. The number of carbonyl (C=O) groups excluding carboxylic acids is 2. The van der Waals surface area contributed by atoms with E-state index in [1.165, 1.54) is 0 Å². The van der Waals surface area contributed by atoms with E-state index in [4.69, 9.17) is 0 Å².